The number of hydrogen-bond acceptors (Lipinski definition) is 4. The summed E-state index contributed by atoms with van der Waals surface area (Å²) in [5, 5.41) is 14.6. The van der Waals surface area contributed by atoms with Gasteiger partial charge in [-0.3, -0.25) is 9.59 Å². The van der Waals surface area contributed by atoms with Crippen LogP contribution in [0.15, 0.2) is 114 Å². The molecule has 1 unspecified atom stereocenters. The van der Waals surface area contributed by atoms with Gasteiger partial charge in [-0.2, -0.15) is 0 Å². The van der Waals surface area contributed by atoms with E-state index < -0.39 is 14.4 Å². The molecule has 6 heteroatoms. The van der Waals surface area contributed by atoms with E-state index in [9.17, 15) is 14.7 Å². The van der Waals surface area contributed by atoms with Crippen LogP contribution in [0.3, 0.4) is 0 Å². The highest BCUT2D eigenvalue weighted by atomic mass is 28.4. The number of benzene rings is 4. The average Bonchev–Trinajstić information content (AvgIpc) is 3.28. The lowest BCUT2D eigenvalue weighted by Gasteiger charge is -2.43. The molecule has 6 rings (SSSR count). The summed E-state index contributed by atoms with van der Waals surface area (Å²) in [7, 11) is -2.88. The molecule has 1 N–H and O–H groups in total. The molecule has 41 heavy (non-hydrogen) atoms. The molecule has 206 valence electrons. The quantitative estimate of drug-likeness (QED) is 0.275. The molecule has 0 bridgehead atoms. The predicted molar refractivity (Wildman–Crippen MR) is 167 cm³/mol. The maximum absolute atomic E-state index is 13.9. The van der Waals surface area contributed by atoms with E-state index in [1.807, 2.05) is 66.7 Å². The summed E-state index contributed by atoms with van der Waals surface area (Å²) in [5.74, 6) is -0.0985. The van der Waals surface area contributed by atoms with Crippen LogP contribution in [0.4, 0.5) is 0 Å². The zero-order valence-corrected chi connectivity index (χ0v) is 24.5. The largest absolute Gasteiger partial charge is 0.405 e. The predicted octanol–water partition coefficient (Wildman–Crippen LogP) is 5.15. The fourth-order valence-electron chi connectivity index (χ4n) is 6.35. The van der Waals surface area contributed by atoms with Gasteiger partial charge in [0.25, 0.3) is 13.9 Å². The van der Waals surface area contributed by atoms with Gasteiger partial charge in [0.15, 0.2) is 5.78 Å². The van der Waals surface area contributed by atoms with Crippen molar-refractivity contribution in [3.05, 3.63) is 131 Å². The van der Waals surface area contributed by atoms with E-state index in [2.05, 4.69) is 45.0 Å². The minimum absolute atomic E-state index is 0.00577. The summed E-state index contributed by atoms with van der Waals surface area (Å²) >= 11 is 0. The van der Waals surface area contributed by atoms with Gasteiger partial charge in [-0.1, -0.05) is 124 Å². The van der Waals surface area contributed by atoms with Crippen molar-refractivity contribution in [3.63, 3.8) is 0 Å². The Balaban J connectivity index is 1.42. The Labute approximate surface area is 240 Å². The first kappa shape index (κ1) is 27.1. The van der Waals surface area contributed by atoms with Crippen LogP contribution >= 0.6 is 0 Å². The van der Waals surface area contributed by atoms with Gasteiger partial charge in [0.2, 0.25) is 0 Å². The van der Waals surface area contributed by atoms with Crippen LogP contribution in [0.2, 0.25) is 5.04 Å². The number of hydrogen-bond donors (Lipinski definition) is 1. The molecule has 0 fully saturated rings. The number of pyridine rings is 1. The summed E-state index contributed by atoms with van der Waals surface area (Å²) in [5.41, 5.74) is 2.15. The molecule has 4 aromatic carbocycles. The van der Waals surface area contributed by atoms with E-state index in [1.165, 1.54) is 0 Å². The Morgan fingerprint density at radius 3 is 1.83 bits per heavy atom. The van der Waals surface area contributed by atoms with Crippen LogP contribution in [-0.4, -0.2) is 36.5 Å². The number of carbonyl (C=O) groups is 1. The van der Waals surface area contributed by atoms with Gasteiger partial charge in [0, 0.05) is 21.9 Å². The van der Waals surface area contributed by atoms with Crippen molar-refractivity contribution in [1.82, 2.24) is 4.57 Å². The third kappa shape index (κ3) is 4.39. The van der Waals surface area contributed by atoms with E-state index in [4.69, 9.17) is 4.43 Å². The molecule has 1 atom stereocenters. The monoisotopic (exact) mass is 559 g/mol. The van der Waals surface area contributed by atoms with Crippen molar-refractivity contribution in [2.24, 2.45) is 0 Å². The van der Waals surface area contributed by atoms with Crippen LogP contribution in [0, 0.1) is 0 Å². The minimum Gasteiger partial charge on any atom is -0.405 e. The summed E-state index contributed by atoms with van der Waals surface area (Å²) in [4.78, 5) is 27.4. The zero-order chi connectivity index (χ0) is 28.8. The van der Waals surface area contributed by atoms with Crippen LogP contribution in [0.25, 0.3) is 22.0 Å². The van der Waals surface area contributed by atoms with Crippen LogP contribution in [0.1, 0.15) is 36.7 Å². The lowest BCUT2D eigenvalue weighted by atomic mass is 10.0. The Morgan fingerprint density at radius 2 is 1.24 bits per heavy atom. The highest BCUT2D eigenvalue weighted by Crippen LogP contribution is 2.40. The van der Waals surface area contributed by atoms with Crippen LogP contribution in [-0.2, 0) is 11.0 Å². The van der Waals surface area contributed by atoms with Gasteiger partial charge in [-0.05, 0) is 21.5 Å². The SMILES string of the molecule is CC(C)(C)[Si](OCC(O)Cn1c2c(c3ccccc3c1=O)C(=O)c1ccccc1-2)(c1ccccc1)c1ccccc1. The second-order valence-corrected chi connectivity index (χ2v) is 16.0. The molecule has 1 aliphatic rings. The molecular formula is C35H33NO4Si. The molecule has 0 saturated heterocycles. The van der Waals surface area contributed by atoms with Gasteiger partial charge >= 0.3 is 0 Å². The minimum atomic E-state index is -2.88. The van der Waals surface area contributed by atoms with E-state index in [-0.39, 0.29) is 29.5 Å². The van der Waals surface area contributed by atoms with Crippen molar-refractivity contribution in [3.8, 4) is 11.3 Å². The number of nitrogens with zero attached hydrogens (tertiary/aromatic N) is 1. The second-order valence-electron chi connectivity index (χ2n) is 11.7. The normalized spacial score (nSPS) is 13.7. The van der Waals surface area contributed by atoms with Crippen molar-refractivity contribution in [1.29, 1.82) is 0 Å². The molecule has 1 heterocycles. The third-order valence-electron chi connectivity index (χ3n) is 8.13. The first-order chi connectivity index (χ1) is 19.7. The Kier molecular flexibility index (Phi) is 6.86. The van der Waals surface area contributed by atoms with Crippen LogP contribution < -0.4 is 15.9 Å². The van der Waals surface area contributed by atoms with E-state index in [0.717, 1.165) is 15.9 Å². The number of carbonyl (C=O) groups excluding carboxylic acids is 1. The average molecular weight is 560 g/mol. The lowest BCUT2D eigenvalue weighted by molar-refractivity contribution is 0.0874. The molecule has 0 aliphatic heterocycles. The Bertz CT molecular complexity index is 1770. The number of ketones is 1. The molecule has 5 aromatic rings. The van der Waals surface area contributed by atoms with Crippen molar-refractivity contribution in [2.75, 3.05) is 6.61 Å². The molecule has 0 saturated carbocycles. The number of aliphatic hydroxyl groups is 1. The number of rotatable bonds is 7. The number of aliphatic hydroxyl groups excluding tert-OH is 1. The van der Waals surface area contributed by atoms with Crippen molar-refractivity contribution in [2.45, 2.75) is 38.5 Å². The van der Waals surface area contributed by atoms with Crippen LogP contribution in [0.5, 0.6) is 0 Å². The smallest absolute Gasteiger partial charge is 0.261 e. The van der Waals surface area contributed by atoms with Gasteiger partial charge in [-0.25, -0.2) is 0 Å². The van der Waals surface area contributed by atoms with E-state index in [0.29, 0.717) is 27.6 Å². The Hall–Kier alpha value is -4.10. The summed E-state index contributed by atoms with van der Waals surface area (Å²) in [6, 6.07) is 35.1. The third-order valence-corrected chi connectivity index (χ3v) is 13.1. The molecule has 1 aliphatic carbocycles. The summed E-state index contributed by atoms with van der Waals surface area (Å²) < 4.78 is 8.51. The van der Waals surface area contributed by atoms with Crippen molar-refractivity contribution >= 4 is 35.2 Å². The second kappa shape index (κ2) is 10.4. The topological polar surface area (TPSA) is 68.5 Å². The van der Waals surface area contributed by atoms with Gasteiger partial charge < -0.3 is 14.1 Å². The maximum Gasteiger partial charge on any atom is 0.261 e. The summed E-state index contributed by atoms with van der Waals surface area (Å²) in [6.45, 7) is 6.61. The van der Waals surface area contributed by atoms with E-state index in [1.54, 1.807) is 22.8 Å². The van der Waals surface area contributed by atoms with Gasteiger partial charge in [0.05, 0.1) is 30.5 Å². The van der Waals surface area contributed by atoms with Gasteiger partial charge in [-0.15, -0.1) is 0 Å². The van der Waals surface area contributed by atoms with Gasteiger partial charge in [0.1, 0.15) is 0 Å². The molecule has 0 radical (unpaired) electrons. The Morgan fingerprint density at radius 1 is 0.732 bits per heavy atom. The summed E-state index contributed by atoms with van der Waals surface area (Å²) in [6.07, 6.45) is -0.984. The first-order valence-electron chi connectivity index (χ1n) is 14.0. The highest BCUT2D eigenvalue weighted by Gasteiger charge is 2.50. The molecular weight excluding hydrogens is 526 g/mol. The molecule has 0 amide bonds. The molecule has 5 nitrogen and oxygen atoms in total. The highest BCUT2D eigenvalue weighted by molar-refractivity contribution is 6.99. The number of aromatic nitrogens is 1. The first-order valence-corrected chi connectivity index (χ1v) is 15.9. The molecule has 0 spiro atoms. The number of fused-ring (bicyclic) bond motifs is 5. The fraction of sp³-hybridized carbons (Fsp3) is 0.200. The standard InChI is InChI=1S/C35H33NO4Si/c1-35(2,3)41(25-14-6-4-7-15-25,26-16-8-5-9-17-26)40-23-24(37)22-36-32-28-19-11-12-20-29(28)33(38)31(32)27-18-10-13-21-30(27)34(36)39/h4-21,24,37H,22-23H2,1-3H3. The zero-order valence-electron chi connectivity index (χ0n) is 23.5. The molecule has 1 aromatic heterocycles. The lowest BCUT2D eigenvalue weighted by Crippen LogP contribution is -2.67. The fourth-order valence-corrected chi connectivity index (χ4v) is 10.9. The maximum atomic E-state index is 13.9. The van der Waals surface area contributed by atoms with Crippen molar-refractivity contribution < 1.29 is 14.3 Å². The van der Waals surface area contributed by atoms with E-state index >= 15 is 0 Å².